The largest absolute Gasteiger partial charge is 0.320 e. The van der Waals surface area contributed by atoms with E-state index in [0.717, 1.165) is 10.0 Å². The molecule has 0 atom stereocenters. The zero-order chi connectivity index (χ0) is 24.8. The molecule has 0 aliphatic carbocycles. The summed E-state index contributed by atoms with van der Waals surface area (Å²) in [6.45, 7) is 6.04. The van der Waals surface area contributed by atoms with E-state index in [1.54, 1.807) is 36.5 Å². The molecule has 0 unspecified atom stereocenters. The van der Waals surface area contributed by atoms with Crippen LogP contribution in [0.5, 0.6) is 0 Å². The molecule has 2 aromatic heterocycles. The van der Waals surface area contributed by atoms with Crippen LogP contribution < -0.4 is 10.6 Å². The van der Waals surface area contributed by atoms with E-state index in [-0.39, 0.29) is 5.69 Å². The van der Waals surface area contributed by atoms with Crippen LogP contribution in [0.3, 0.4) is 0 Å². The van der Waals surface area contributed by atoms with Crippen LogP contribution in [0.15, 0.2) is 59.2 Å². The number of hydrogen-bond donors (Lipinski definition) is 2. The Morgan fingerprint density at radius 1 is 1.18 bits per heavy atom. The number of halogens is 2. The minimum absolute atomic E-state index is 0.278. The summed E-state index contributed by atoms with van der Waals surface area (Å²) in [4.78, 5) is 29.1. The summed E-state index contributed by atoms with van der Waals surface area (Å²) in [5.41, 5.74) is 2.47. The van der Waals surface area contributed by atoms with E-state index in [1.807, 2.05) is 32.2 Å². The zero-order valence-corrected chi connectivity index (χ0v) is 21.6. The second-order valence-electron chi connectivity index (χ2n) is 7.79. The maximum absolute atomic E-state index is 13.3. The van der Waals surface area contributed by atoms with Gasteiger partial charge in [0.15, 0.2) is 12.1 Å². The van der Waals surface area contributed by atoms with Crippen molar-refractivity contribution in [1.82, 2.24) is 20.1 Å². The molecule has 176 valence electrons. The number of pyridine rings is 1. The zero-order valence-electron chi connectivity index (χ0n) is 19.3. The fraction of sp³-hybridized carbons (Fsp3) is 0.200. The van der Waals surface area contributed by atoms with Crippen molar-refractivity contribution in [3.05, 3.63) is 81.0 Å². The quantitative estimate of drug-likeness (QED) is 0.310. The molecule has 0 aliphatic rings. The third-order valence-corrected chi connectivity index (χ3v) is 5.76. The highest BCUT2D eigenvalue weighted by molar-refractivity contribution is 9.10. The lowest BCUT2D eigenvalue weighted by molar-refractivity contribution is 0.102. The molecule has 0 bridgehead atoms. The lowest BCUT2D eigenvalue weighted by Crippen LogP contribution is -2.19. The molecular formula is C25H25BrClN5O2. The number of anilines is 1. The summed E-state index contributed by atoms with van der Waals surface area (Å²) in [7, 11) is 1.95. The van der Waals surface area contributed by atoms with Gasteiger partial charge in [-0.1, -0.05) is 59.6 Å². The third kappa shape index (κ3) is 5.70. The number of aromatic nitrogens is 3. The fourth-order valence-electron chi connectivity index (χ4n) is 3.14. The first-order valence-electron chi connectivity index (χ1n) is 10.6. The molecule has 1 amide bonds. The lowest BCUT2D eigenvalue weighted by atomic mass is 10.1. The normalized spacial score (nSPS) is 10.7. The summed E-state index contributed by atoms with van der Waals surface area (Å²) < 4.78 is 2.18. The topological polar surface area (TPSA) is 88.9 Å². The first kappa shape index (κ1) is 25.6. The Bertz CT molecular complexity index is 1340. The van der Waals surface area contributed by atoms with Gasteiger partial charge in [-0.2, -0.15) is 5.10 Å². The van der Waals surface area contributed by atoms with E-state index >= 15 is 0 Å². The number of rotatable bonds is 5. The standard InChI is InChI=1S/C21H14BrClN4O2.C4H11N/c1-12-9-14(22)10-13(11-28)18(12)25-21(29)19-15-5-2-3-7-17(15)26-27(19)20-16(23)6-4-8-24-20;1-4(2)5-3/h2-11H,1H3,(H,25,29);4-5H,1-3H3. The minimum Gasteiger partial charge on any atom is -0.320 e. The fourth-order valence-corrected chi connectivity index (χ4v) is 3.93. The van der Waals surface area contributed by atoms with Crippen molar-refractivity contribution >= 4 is 56.3 Å². The number of carbonyl (C=O) groups excluding carboxylic acids is 2. The Kier molecular flexibility index (Phi) is 8.55. The van der Waals surface area contributed by atoms with Gasteiger partial charge in [0.05, 0.1) is 16.2 Å². The van der Waals surface area contributed by atoms with Gasteiger partial charge in [0.25, 0.3) is 5.91 Å². The first-order chi connectivity index (χ1) is 16.3. The van der Waals surface area contributed by atoms with Crippen molar-refractivity contribution in [2.75, 3.05) is 12.4 Å². The number of nitrogens with zero attached hydrogens (tertiary/aromatic N) is 3. The highest BCUT2D eigenvalue weighted by atomic mass is 79.9. The number of hydrogen-bond acceptors (Lipinski definition) is 5. The van der Waals surface area contributed by atoms with Gasteiger partial charge in [0.1, 0.15) is 5.69 Å². The van der Waals surface area contributed by atoms with Crippen molar-refractivity contribution < 1.29 is 9.59 Å². The van der Waals surface area contributed by atoms with Crippen molar-refractivity contribution in [1.29, 1.82) is 0 Å². The molecular weight excluding hydrogens is 518 g/mol. The Labute approximate surface area is 211 Å². The average Bonchev–Trinajstić information content (AvgIpc) is 3.20. The first-order valence-corrected chi connectivity index (χ1v) is 11.8. The lowest BCUT2D eigenvalue weighted by Gasteiger charge is -2.13. The Balaban J connectivity index is 0.000000588. The van der Waals surface area contributed by atoms with E-state index in [9.17, 15) is 9.59 Å². The Morgan fingerprint density at radius 2 is 1.88 bits per heavy atom. The number of amides is 1. The molecule has 4 rings (SSSR count). The highest BCUT2D eigenvalue weighted by Crippen LogP contribution is 2.28. The number of fused-ring (bicyclic) bond motifs is 1. The molecule has 2 heterocycles. The summed E-state index contributed by atoms with van der Waals surface area (Å²) in [6.07, 6.45) is 2.29. The van der Waals surface area contributed by atoms with E-state index in [0.29, 0.717) is 45.3 Å². The predicted molar refractivity (Wildman–Crippen MR) is 140 cm³/mol. The second-order valence-corrected chi connectivity index (χ2v) is 9.11. The molecule has 34 heavy (non-hydrogen) atoms. The summed E-state index contributed by atoms with van der Waals surface area (Å²) in [6, 6.07) is 14.8. The van der Waals surface area contributed by atoms with Crippen LogP contribution >= 0.6 is 27.5 Å². The highest BCUT2D eigenvalue weighted by Gasteiger charge is 2.23. The van der Waals surface area contributed by atoms with E-state index < -0.39 is 5.91 Å². The SMILES string of the molecule is CNC(C)C.Cc1cc(Br)cc(C=O)c1NC(=O)c1c2ccccc2nn1-c1ncccc1Cl. The summed E-state index contributed by atoms with van der Waals surface area (Å²) in [5, 5.41) is 11.4. The van der Waals surface area contributed by atoms with Gasteiger partial charge in [-0.25, -0.2) is 9.67 Å². The average molecular weight is 543 g/mol. The molecule has 0 aliphatic heterocycles. The number of nitrogens with one attached hydrogen (secondary N) is 2. The molecule has 0 radical (unpaired) electrons. The van der Waals surface area contributed by atoms with Crippen LogP contribution in [0.25, 0.3) is 16.7 Å². The van der Waals surface area contributed by atoms with Gasteiger partial charge >= 0.3 is 0 Å². The number of aldehydes is 1. The number of carbonyl (C=O) groups is 2. The smallest absolute Gasteiger partial charge is 0.275 e. The number of benzene rings is 2. The van der Waals surface area contributed by atoms with E-state index in [2.05, 4.69) is 50.5 Å². The van der Waals surface area contributed by atoms with Crippen LogP contribution in [0.1, 0.15) is 40.3 Å². The molecule has 2 aromatic carbocycles. The monoisotopic (exact) mass is 541 g/mol. The Morgan fingerprint density at radius 3 is 2.53 bits per heavy atom. The van der Waals surface area contributed by atoms with Crippen LogP contribution in [-0.2, 0) is 0 Å². The number of aryl methyl sites for hydroxylation is 1. The van der Waals surface area contributed by atoms with Crippen LogP contribution in [0.4, 0.5) is 5.69 Å². The molecule has 0 saturated heterocycles. The molecule has 0 spiro atoms. The second kappa shape index (κ2) is 11.4. The predicted octanol–water partition coefficient (Wildman–Crippen LogP) is 5.82. The van der Waals surface area contributed by atoms with E-state index in [1.165, 1.54) is 4.68 Å². The van der Waals surface area contributed by atoms with Gasteiger partial charge in [0.2, 0.25) is 0 Å². The van der Waals surface area contributed by atoms with Crippen molar-refractivity contribution in [3.8, 4) is 5.82 Å². The maximum atomic E-state index is 13.3. The van der Waals surface area contributed by atoms with Crippen LogP contribution in [0.2, 0.25) is 5.02 Å². The molecule has 0 saturated carbocycles. The molecule has 9 heteroatoms. The molecule has 2 N–H and O–H groups in total. The minimum atomic E-state index is -0.422. The molecule has 0 fully saturated rings. The van der Waals surface area contributed by atoms with Crippen molar-refractivity contribution in [2.45, 2.75) is 26.8 Å². The van der Waals surface area contributed by atoms with Crippen molar-refractivity contribution in [3.63, 3.8) is 0 Å². The maximum Gasteiger partial charge on any atom is 0.275 e. The molecule has 7 nitrogen and oxygen atoms in total. The third-order valence-electron chi connectivity index (χ3n) is 5.01. The van der Waals surface area contributed by atoms with Gasteiger partial charge < -0.3 is 10.6 Å². The van der Waals surface area contributed by atoms with Gasteiger partial charge in [-0.15, -0.1) is 0 Å². The van der Waals surface area contributed by atoms with Gasteiger partial charge in [-0.05, 0) is 49.9 Å². The van der Waals surface area contributed by atoms with Gasteiger partial charge in [0, 0.05) is 27.7 Å². The van der Waals surface area contributed by atoms with E-state index in [4.69, 9.17) is 11.6 Å². The van der Waals surface area contributed by atoms with Crippen LogP contribution in [-0.4, -0.2) is 40.0 Å². The summed E-state index contributed by atoms with van der Waals surface area (Å²) >= 11 is 9.67. The van der Waals surface area contributed by atoms with Crippen LogP contribution in [0, 0.1) is 6.92 Å². The Hall–Kier alpha value is -3.07. The molecule has 4 aromatic rings. The van der Waals surface area contributed by atoms with Gasteiger partial charge in [-0.3, -0.25) is 9.59 Å². The summed E-state index contributed by atoms with van der Waals surface area (Å²) in [5.74, 6) is -0.0763. The van der Waals surface area contributed by atoms with Crippen molar-refractivity contribution in [2.24, 2.45) is 0 Å².